The van der Waals surface area contributed by atoms with E-state index in [1.54, 1.807) is 6.20 Å². The Morgan fingerprint density at radius 2 is 1.84 bits per heavy atom. The molecule has 0 aliphatic carbocycles. The highest BCUT2D eigenvalue weighted by atomic mass is 16.2. The molecule has 1 aliphatic rings. The van der Waals surface area contributed by atoms with E-state index in [1.165, 1.54) is 19.3 Å². The van der Waals surface area contributed by atoms with Crippen LogP contribution in [0, 0.1) is 0 Å². The molecule has 4 heteroatoms. The predicted octanol–water partition coefficient (Wildman–Crippen LogP) is 4.12. The van der Waals surface area contributed by atoms with Crippen LogP contribution < -0.4 is 4.90 Å². The molecule has 2 heterocycles. The predicted molar refractivity (Wildman–Crippen MR) is 102 cm³/mol. The lowest BCUT2D eigenvalue weighted by Crippen LogP contribution is -2.36. The van der Waals surface area contributed by atoms with Crippen molar-refractivity contribution < 1.29 is 4.79 Å². The zero-order valence-corrected chi connectivity index (χ0v) is 15.2. The Morgan fingerprint density at radius 3 is 2.52 bits per heavy atom. The molecule has 3 rings (SSSR count). The van der Waals surface area contributed by atoms with Crippen LogP contribution in [0.3, 0.4) is 0 Å². The maximum Gasteiger partial charge on any atom is 0.256 e. The van der Waals surface area contributed by atoms with Crippen molar-refractivity contribution in [2.24, 2.45) is 0 Å². The molecule has 1 aromatic heterocycles. The molecular formula is C21H27N3O. The van der Waals surface area contributed by atoms with Crippen molar-refractivity contribution in [3.63, 3.8) is 0 Å². The maximum atomic E-state index is 13.1. The summed E-state index contributed by atoms with van der Waals surface area (Å²) in [6.45, 7) is 6.84. The number of piperidine rings is 1. The minimum absolute atomic E-state index is 0.0465. The van der Waals surface area contributed by atoms with Crippen LogP contribution in [0.25, 0.3) is 0 Å². The van der Waals surface area contributed by atoms with Crippen molar-refractivity contribution in [3.05, 3.63) is 59.9 Å². The number of nitrogens with zero attached hydrogens (tertiary/aromatic N) is 3. The average molecular weight is 337 g/mol. The fraction of sp³-hybridized carbons (Fsp3) is 0.429. The Bertz CT molecular complexity index is 693. The van der Waals surface area contributed by atoms with Crippen molar-refractivity contribution in [3.8, 4) is 0 Å². The van der Waals surface area contributed by atoms with E-state index in [9.17, 15) is 4.79 Å². The number of hydrogen-bond donors (Lipinski definition) is 0. The lowest BCUT2D eigenvalue weighted by molar-refractivity contribution is 0.0690. The van der Waals surface area contributed by atoms with E-state index >= 15 is 0 Å². The average Bonchev–Trinajstić information content (AvgIpc) is 2.67. The molecule has 4 nitrogen and oxygen atoms in total. The normalized spacial score (nSPS) is 14.6. The van der Waals surface area contributed by atoms with E-state index in [4.69, 9.17) is 0 Å². The second kappa shape index (κ2) is 8.15. The van der Waals surface area contributed by atoms with Crippen molar-refractivity contribution in [1.29, 1.82) is 0 Å². The molecule has 1 aromatic carbocycles. The molecule has 1 fully saturated rings. The van der Waals surface area contributed by atoms with E-state index in [0.29, 0.717) is 12.1 Å². The van der Waals surface area contributed by atoms with Crippen molar-refractivity contribution in [1.82, 2.24) is 9.88 Å². The molecular weight excluding hydrogens is 310 g/mol. The van der Waals surface area contributed by atoms with Crippen LogP contribution in [0.5, 0.6) is 0 Å². The topological polar surface area (TPSA) is 36.4 Å². The Kier molecular flexibility index (Phi) is 5.69. The Balaban J connectivity index is 1.79. The summed E-state index contributed by atoms with van der Waals surface area (Å²) in [7, 11) is 0. The van der Waals surface area contributed by atoms with E-state index in [1.807, 2.05) is 35.4 Å². The van der Waals surface area contributed by atoms with Gasteiger partial charge < -0.3 is 9.80 Å². The van der Waals surface area contributed by atoms with E-state index in [0.717, 1.165) is 24.3 Å². The highest BCUT2D eigenvalue weighted by Crippen LogP contribution is 2.21. The monoisotopic (exact) mass is 337 g/mol. The molecule has 1 amide bonds. The van der Waals surface area contributed by atoms with Crippen LogP contribution in [0.2, 0.25) is 0 Å². The molecule has 0 spiro atoms. The summed E-state index contributed by atoms with van der Waals surface area (Å²) < 4.78 is 0. The van der Waals surface area contributed by atoms with Gasteiger partial charge in [-0.15, -0.1) is 0 Å². The largest absolute Gasteiger partial charge is 0.370 e. The van der Waals surface area contributed by atoms with Crippen molar-refractivity contribution >= 4 is 11.6 Å². The van der Waals surface area contributed by atoms with Crippen LogP contribution in [-0.2, 0) is 6.54 Å². The minimum atomic E-state index is 0.0465. The number of rotatable bonds is 5. The first-order valence-electron chi connectivity index (χ1n) is 9.20. The van der Waals surface area contributed by atoms with Gasteiger partial charge in [0.05, 0.1) is 17.4 Å². The van der Waals surface area contributed by atoms with Crippen molar-refractivity contribution in [2.45, 2.75) is 45.7 Å². The summed E-state index contributed by atoms with van der Waals surface area (Å²) >= 11 is 0. The summed E-state index contributed by atoms with van der Waals surface area (Å²) in [4.78, 5) is 21.7. The molecule has 1 aliphatic heterocycles. The summed E-state index contributed by atoms with van der Waals surface area (Å²) in [5.41, 5.74) is 2.88. The van der Waals surface area contributed by atoms with E-state index in [-0.39, 0.29) is 11.9 Å². The Hall–Kier alpha value is -2.36. The van der Waals surface area contributed by atoms with Gasteiger partial charge in [0.15, 0.2) is 0 Å². The third-order valence-electron chi connectivity index (χ3n) is 4.77. The molecule has 0 atom stereocenters. The van der Waals surface area contributed by atoms with Gasteiger partial charge in [0.25, 0.3) is 5.91 Å². The first-order chi connectivity index (χ1) is 12.1. The number of carbonyl (C=O) groups is 1. The van der Waals surface area contributed by atoms with Crippen molar-refractivity contribution in [2.75, 3.05) is 18.0 Å². The molecule has 0 unspecified atom stereocenters. The molecule has 2 aromatic rings. The molecule has 1 saturated heterocycles. The quantitative estimate of drug-likeness (QED) is 0.823. The lowest BCUT2D eigenvalue weighted by atomic mass is 10.1. The number of carbonyl (C=O) groups excluding carboxylic acids is 1. The Labute approximate surface area is 150 Å². The van der Waals surface area contributed by atoms with Gasteiger partial charge in [0.1, 0.15) is 0 Å². The van der Waals surface area contributed by atoms with Crippen LogP contribution in [0.15, 0.2) is 48.8 Å². The molecule has 0 bridgehead atoms. The third kappa shape index (κ3) is 4.38. The zero-order chi connectivity index (χ0) is 17.6. The van der Waals surface area contributed by atoms with Gasteiger partial charge in [0, 0.05) is 31.9 Å². The molecule has 132 valence electrons. The number of aromatic nitrogens is 1. The van der Waals surface area contributed by atoms with E-state index < -0.39 is 0 Å². The van der Waals surface area contributed by atoms with Gasteiger partial charge in [0.2, 0.25) is 0 Å². The first-order valence-corrected chi connectivity index (χ1v) is 9.20. The van der Waals surface area contributed by atoms with Crippen LogP contribution in [0.4, 0.5) is 5.69 Å². The van der Waals surface area contributed by atoms with Gasteiger partial charge in [-0.05, 0) is 44.7 Å². The smallest absolute Gasteiger partial charge is 0.256 e. The van der Waals surface area contributed by atoms with Gasteiger partial charge in [-0.2, -0.15) is 0 Å². The molecule has 0 N–H and O–H groups in total. The highest BCUT2D eigenvalue weighted by Gasteiger charge is 2.21. The van der Waals surface area contributed by atoms with Crippen LogP contribution in [-0.4, -0.2) is 34.9 Å². The first kappa shape index (κ1) is 17.5. The lowest BCUT2D eigenvalue weighted by Gasteiger charge is -2.30. The number of benzene rings is 1. The highest BCUT2D eigenvalue weighted by molar-refractivity contribution is 5.95. The standard InChI is InChI=1S/C21H27N3O/c1-17(2)24(16-18-9-5-3-6-10-18)21(25)19-13-20(15-22-14-19)23-11-7-4-8-12-23/h3,5-6,9-10,13-15,17H,4,7-8,11-12,16H2,1-2H3. The number of amides is 1. The summed E-state index contributed by atoms with van der Waals surface area (Å²) in [5.74, 6) is 0.0465. The van der Waals surface area contributed by atoms with Crippen LogP contribution >= 0.6 is 0 Å². The second-order valence-electron chi connectivity index (χ2n) is 6.99. The second-order valence-corrected chi connectivity index (χ2v) is 6.99. The van der Waals surface area contributed by atoms with Crippen LogP contribution in [0.1, 0.15) is 49.0 Å². The number of anilines is 1. The number of pyridine rings is 1. The number of hydrogen-bond acceptors (Lipinski definition) is 3. The Morgan fingerprint density at radius 1 is 1.12 bits per heavy atom. The fourth-order valence-electron chi connectivity index (χ4n) is 3.30. The zero-order valence-electron chi connectivity index (χ0n) is 15.2. The van der Waals surface area contributed by atoms with Gasteiger partial charge >= 0.3 is 0 Å². The summed E-state index contributed by atoms with van der Waals surface area (Å²) in [5, 5.41) is 0. The fourth-order valence-corrected chi connectivity index (χ4v) is 3.30. The van der Waals surface area contributed by atoms with Gasteiger partial charge in [-0.3, -0.25) is 9.78 Å². The SMILES string of the molecule is CC(C)N(Cc1ccccc1)C(=O)c1cncc(N2CCCCC2)c1. The minimum Gasteiger partial charge on any atom is -0.370 e. The summed E-state index contributed by atoms with van der Waals surface area (Å²) in [6.07, 6.45) is 7.28. The summed E-state index contributed by atoms with van der Waals surface area (Å²) in [6, 6.07) is 12.3. The third-order valence-corrected chi connectivity index (χ3v) is 4.77. The molecule has 0 radical (unpaired) electrons. The maximum absolute atomic E-state index is 13.1. The van der Waals surface area contributed by atoms with Gasteiger partial charge in [-0.25, -0.2) is 0 Å². The van der Waals surface area contributed by atoms with E-state index in [2.05, 4.69) is 35.9 Å². The molecule has 25 heavy (non-hydrogen) atoms. The molecule has 0 saturated carbocycles. The van der Waals surface area contributed by atoms with Gasteiger partial charge in [-0.1, -0.05) is 30.3 Å².